The summed E-state index contributed by atoms with van der Waals surface area (Å²) in [6, 6.07) is 31.0. The molecule has 2 fully saturated rings. The van der Waals surface area contributed by atoms with Gasteiger partial charge in [0.15, 0.2) is 5.17 Å². The highest BCUT2D eigenvalue weighted by molar-refractivity contribution is 8.18. The Morgan fingerprint density at radius 2 is 1.62 bits per heavy atom. The van der Waals surface area contributed by atoms with Gasteiger partial charge in [-0.2, -0.15) is 0 Å². The van der Waals surface area contributed by atoms with Crippen LogP contribution in [-0.2, 0) is 11.4 Å². The van der Waals surface area contributed by atoms with Crippen molar-refractivity contribution < 1.29 is 9.53 Å². The second-order valence-electron chi connectivity index (χ2n) is 10.2. The van der Waals surface area contributed by atoms with Crippen molar-refractivity contribution in [2.45, 2.75) is 32.8 Å². The van der Waals surface area contributed by atoms with E-state index < -0.39 is 0 Å². The van der Waals surface area contributed by atoms with Crippen LogP contribution in [-0.4, -0.2) is 35.6 Å². The van der Waals surface area contributed by atoms with Crippen molar-refractivity contribution >= 4 is 51.1 Å². The van der Waals surface area contributed by atoms with Gasteiger partial charge in [0.1, 0.15) is 12.4 Å². The molecule has 4 aromatic carbocycles. The number of hydrogen-bond acceptors (Lipinski definition) is 5. The Morgan fingerprint density at radius 3 is 2.38 bits per heavy atom. The van der Waals surface area contributed by atoms with Crippen LogP contribution in [0, 0.1) is 0 Å². The fourth-order valence-electron chi connectivity index (χ4n) is 5.18. The summed E-state index contributed by atoms with van der Waals surface area (Å²) in [7, 11) is 0. The average molecular weight is 548 g/mol. The van der Waals surface area contributed by atoms with Crippen molar-refractivity contribution in [2.24, 2.45) is 4.99 Å². The van der Waals surface area contributed by atoms with Crippen LogP contribution in [0.2, 0.25) is 0 Å². The lowest BCUT2D eigenvalue weighted by Gasteiger charge is -2.28. The molecule has 4 aromatic rings. The van der Waals surface area contributed by atoms with Gasteiger partial charge in [0.25, 0.3) is 5.91 Å². The molecule has 0 aromatic heterocycles. The van der Waals surface area contributed by atoms with Gasteiger partial charge in [-0.15, -0.1) is 0 Å². The first kappa shape index (κ1) is 26.2. The predicted octanol–water partition coefficient (Wildman–Crippen LogP) is 8.03. The van der Waals surface area contributed by atoms with Crippen LogP contribution in [0.5, 0.6) is 5.75 Å². The minimum Gasteiger partial charge on any atom is -0.489 e. The summed E-state index contributed by atoms with van der Waals surface area (Å²) in [5.74, 6) is 0.791. The molecule has 0 atom stereocenters. The molecule has 0 radical (unpaired) electrons. The molecule has 0 spiro atoms. The number of thioether (sulfide) groups is 1. The summed E-state index contributed by atoms with van der Waals surface area (Å²) in [6.45, 7) is 5.30. The molecule has 0 saturated carbocycles. The molecule has 6 rings (SSSR count). The minimum atomic E-state index is -0.00665. The molecule has 2 aliphatic rings. The number of anilines is 1. The Morgan fingerprint density at radius 1 is 0.875 bits per heavy atom. The lowest BCUT2D eigenvalue weighted by atomic mass is 10.1. The van der Waals surface area contributed by atoms with Crippen molar-refractivity contribution in [3.05, 3.63) is 107 Å². The van der Waals surface area contributed by atoms with E-state index >= 15 is 0 Å². The molecule has 0 aliphatic carbocycles. The van der Waals surface area contributed by atoms with Gasteiger partial charge >= 0.3 is 0 Å². The van der Waals surface area contributed by atoms with Crippen LogP contribution in [0.4, 0.5) is 11.4 Å². The molecule has 6 heteroatoms. The maximum atomic E-state index is 13.1. The van der Waals surface area contributed by atoms with E-state index in [-0.39, 0.29) is 5.91 Å². The topological polar surface area (TPSA) is 45.1 Å². The molecule has 0 unspecified atom stereocenters. The highest BCUT2D eigenvalue weighted by atomic mass is 32.2. The summed E-state index contributed by atoms with van der Waals surface area (Å²) >= 11 is 1.43. The van der Waals surface area contributed by atoms with Crippen LogP contribution in [0.3, 0.4) is 0 Å². The van der Waals surface area contributed by atoms with Gasteiger partial charge in [-0.1, -0.05) is 48.5 Å². The fourth-order valence-corrected chi connectivity index (χ4v) is 6.24. The zero-order valence-corrected chi connectivity index (χ0v) is 23.6. The fraction of sp³-hybridized carbons (Fsp3) is 0.235. The third kappa shape index (κ3) is 5.92. The number of amides is 1. The van der Waals surface area contributed by atoms with Crippen LogP contribution < -0.4 is 9.64 Å². The summed E-state index contributed by atoms with van der Waals surface area (Å²) in [5.41, 5.74) is 4.20. The van der Waals surface area contributed by atoms with E-state index in [1.54, 1.807) is 4.90 Å². The highest BCUT2D eigenvalue weighted by Gasteiger charge is 2.32. The second kappa shape index (κ2) is 12.0. The predicted molar refractivity (Wildman–Crippen MR) is 167 cm³/mol. The van der Waals surface area contributed by atoms with Gasteiger partial charge in [-0.05, 0) is 108 Å². The normalized spacial score (nSPS) is 17.8. The number of aliphatic imine (C=N–C) groups is 1. The summed E-state index contributed by atoms with van der Waals surface area (Å²) < 4.78 is 6.03. The maximum absolute atomic E-state index is 13.1. The summed E-state index contributed by atoms with van der Waals surface area (Å²) in [6.07, 6.45) is 5.76. The number of nitrogens with zero attached hydrogens (tertiary/aromatic N) is 3. The zero-order chi connectivity index (χ0) is 27.3. The number of carbonyl (C=O) groups is 1. The van der Waals surface area contributed by atoms with E-state index in [4.69, 9.17) is 9.73 Å². The minimum absolute atomic E-state index is 0.00665. The molecule has 1 amide bonds. The van der Waals surface area contributed by atoms with Gasteiger partial charge in [-0.3, -0.25) is 9.69 Å². The first-order chi connectivity index (χ1) is 19.7. The Balaban J connectivity index is 1.11. The standard InChI is InChI=1S/C34H33N3O2S/c1-2-37-33(38)32(40-34(37)35-29-14-16-30(17-15-29)36-20-6-3-7-21-36)23-25-11-18-31(19-12-25)39-24-26-10-13-27-8-4-5-9-28(27)22-26/h4-5,8-19,22-23H,2-3,6-7,20-21,24H2,1H3/b32-23-,35-34?. The molecule has 0 bridgehead atoms. The Bertz CT molecular complexity index is 1550. The van der Waals surface area contributed by atoms with Gasteiger partial charge in [0, 0.05) is 25.3 Å². The number of rotatable bonds is 7. The van der Waals surface area contributed by atoms with Gasteiger partial charge < -0.3 is 9.64 Å². The van der Waals surface area contributed by atoms with Crippen molar-refractivity contribution in [1.82, 2.24) is 4.90 Å². The van der Waals surface area contributed by atoms with E-state index in [1.807, 2.05) is 49.4 Å². The van der Waals surface area contributed by atoms with E-state index in [0.29, 0.717) is 18.1 Å². The number of amidine groups is 1. The molecular formula is C34H33N3O2S. The van der Waals surface area contributed by atoms with Gasteiger partial charge in [0.05, 0.1) is 10.6 Å². The average Bonchev–Trinajstić information content (AvgIpc) is 3.30. The van der Waals surface area contributed by atoms with Crippen LogP contribution >= 0.6 is 11.8 Å². The quantitative estimate of drug-likeness (QED) is 0.220. The number of ether oxygens (including phenoxy) is 1. The third-order valence-electron chi connectivity index (χ3n) is 7.40. The lowest BCUT2D eigenvalue weighted by Crippen LogP contribution is -2.29. The van der Waals surface area contributed by atoms with Crippen LogP contribution in [0.25, 0.3) is 16.8 Å². The van der Waals surface area contributed by atoms with Crippen molar-refractivity contribution in [1.29, 1.82) is 0 Å². The van der Waals surface area contributed by atoms with Crippen molar-refractivity contribution in [2.75, 3.05) is 24.5 Å². The number of carbonyl (C=O) groups excluding carboxylic acids is 1. The van der Waals surface area contributed by atoms with E-state index in [0.717, 1.165) is 40.8 Å². The molecular weight excluding hydrogens is 514 g/mol. The lowest BCUT2D eigenvalue weighted by molar-refractivity contribution is -0.122. The smallest absolute Gasteiger partial charge is 0.266 e. The Labute approximate surface area is 240 Å². The van der Waals surface area contributed by atoms with Crippen LogP contribution in [0.1, 0.15) is 37.3 Å². The SMILES string of the molecule is CCN1C(=O)/C(=C/c2ccc(OCc3ccc4ccccc4c3)cc2)SC1=Nc1ccc(N2CCCCC2)cc1. The number of fused-ring (bicyclic) bond motifs is 1. The van der Waals surface area contributed by atoms with Gasteiger partial charge in [-0.25, -0.2) is 4.99 Å². The number of benzene rings is 4. The highest BCUT2D eigenvalue weighted by Crippen LogP contribution is 2.34. The van der Waals surface area contributed by atoms with E-state index in [1.165, 1.54) is 47.5 Å². The molecule has 2 heterocycles. The summed E-state index contributed by atoms with van der Waals surface area (Å²) in [4.78, 5) is 22.8. The van der Waals surface area contributed by atoms with Gasteiger partial charge in [0.2, 0.25) is 0 Å². The monoisotopic (exact) mass is 547 g/mol. The Hall–Kier alpha value is -4.03. The number of piperidine rings is 1. The maximum Gasteiger partial charge on any atom is 0.266 e. The molecule has 40 heavy (non-hydrogen) atoms. The second-order valence-corrected chi connectivity index (χ2v) is 11.2. The van der Waals surface area contributed by atoms with Crippen molar-refractivity contribution in [3.8, 4) is 5.75 Å². The molecule has 5 nitrogen and oxygen atoms in total. The van der Waals surface area contributed by atoms with Crippen molar-refractivity contribution in [3.63, 3.8) is 0 Å². The summed E-state index contributed by atoms with van der Waals surface area (Å²) in [5, 5.41) is 3.16. The molecule has 2 aliphatic heterocycles. The Kier molecular flexibility index (Phi) is 7.87. The van der Waals surface area contributed by atoms with E-state index in [2.05, 4.69) is 59.5 Å². The molecule has 2 saturated heterocycles. The van der Waals surface area contributed by atoms with Crippen LogP contribution in [0.15, 0.2) is 101 Å². The zero-order valence-electron chi connectivity index (χ0n) is 22.8. The first-order valence-corrected chi connectivity index (χ1v) is 14.8. The number of likely N-dealkylation sites (N-methyl/N-ethyl adjacent to an activating group) is 1. The first-order valence-electron chi connectivity index (χ1n) is 14.0. The molecule has 202 valence electrons. The largest absolute Gasteiger partial charge is 0.489 e. The number of hydrogen-bond donors (Lipinski definition) is 0. The third-order valence-corrected chi connectivity index (χ3v) is 8.40. The molecule has 0 N–H and O–H groups in total. The van der Waals surface area contributed by atoms with E-state index in [9.17, 15) is 4.79 Å².